The molecule has 0 radical (unpaired) electrons. The van der Waals surface area contributed by atoms with E-state index in [1.54, 1.807) is 0 Å². The summed E-state index contributed by atoms with van der Waals surface area (Å²) in [4.78, 5) is 2.08. The average Bonchev–Trinajstić information content (AvgIpc) is 2.69. The topological polar surface area (TPSA) is 54.6 Å². The Morgan fingerprint density at radius 2 is 2.00 bits per heavy atom. The predicted octanol–water partition coefficient (Wildman–Crippen LogP) is -0.658. The molecule has 4 nitrogen and oxygen atoms in total. The molecular weight excluding hydrogens is 156 g/mol. The Morgan fingerprint density at radius 3 is 2.33 bits per heavy atom. The summed E-state index contributed by atoms with van der Waals surface area (Å²) < 4.78 is 5.40. The SMILES string of the molecule is C[C@@H]1N[C@H]1[C@@H]1O[C@H](O)[C@H](C)N1C. The third-order valence-electron chi connectivity index (χ3n) is 2.93. The molecule has 5 atom stereocenters. The summed E-state index contributed by atoms with van der Waals surface area (Å²) in [6, 6.07) is 1.02. The van der Waals surface area contributed by atoms with Crippen molar-refractivity contribution in [1.29, 1.82) is 0 Å². The van der Waals surface area contributed by atoms with E-state index in [2.05, 4.69) is 17.1 Å². The first kappa shape index (κ1) is 8.44. The Morgan fingerprint density at radius 1 is 1.42 bits per heavy atom. The van der Waals surface area contributed by atoms with Crippen molar-refractivity contribution in [2.45, 2.75) is 44.5 Å². The maximum atomic E-state index is 9.41. The Bertz CT molecular complexity index is 188. The Kier molecular flexibility index (Phi) is 1.88. The lowest BCUT2D eigenvalue weighted by Gasteiger charge is -2.19. The molecule has 2 aliphatic heterocycles. The minimum absolute atomic E-state index is 0.0463. The summed E-state index contributed by atoms with van der Waals surface area (Å²) in [5.74, 6) is 0. The molecule has 2 fully saturated rings. The molecule has 4 heteroatoms. The van der Waals surface area contributed by atoms with Gasteiger partial charge in [0, 0.05) is 6.04 Å². The normalized spacial score (nSPS) is 54.5. The summed E-state index contributed by atoms with van der Waals surface area (Å²) in [6.07, 6.45) is -0.584. The van der Waals surface area contributed by atoms with Gasteiger partial charge in [-0.1, -0.05) is 0 Å². The lowest BCUT2D eigenvalue weighted by molar-refractivity contribution is -0.0996. The van der Waals surface area contributed by atoms with E-state index in [1.165, 1.54) is 0 Å². The number of aliphatic hydroxyl groups excluding tert-OH is 1. The van der Waals surface area contributed by atoms with Crippen molar-refractivity contribution in [3.05, 3.63) is 0 Å². The van der Waals surface area contributed by atoms with E-state index < -0.39 is 6.29 Å². The summed E-state index contributed by atoms with van der Waals surface area (Å²) in [6.45, 7) is 4.09. The van der Waals surface area contributed by atoms with Crippen LogP contribution in [0.1, 0.15) is 13.8 Å². The second-order valence-electron chi connectivity index (χ2n) is 3.80. The minimum Gasteiger partial charge on any atom is -0.367 e. The zero-order valence-corrected chi connectivity index (χ0v) is 7.69. The van der Waals surface area contributed by atoms with E-state index in [1.807, 2.05) is 14.0 Å². The molecule has 0 aliphatic carbocycles. The fourth-order valence-corrected chi connectivity index (χ4v) is 1.70. The maximum Gasteiger partial charge on any atom is 0.172 e. The van der Waals surface area contributed by atoms with Gasteiger partial charge in [0.05, 0.1) is 12.1 Å². The van der Waals surface area contributed by atoms with Crippen LogP contribution in [0.3, 0.4) is 0 Å². The van der Waals surface area contributed by atoms with Crippen molar-refractivity contribution in [2.24, 2.45) is 0 Å². The van der Waals surface area contributed by atoms with E-state index >= 15 is 0 Å². The second-order valence-corrected chi connectivity index (χ2v) is 3.80. The molecule has 2 aliphatic rings. The molecule has 0 bridgehead atoms. The van der Waals surface area contributed by atoms with Gasteiger partial charge in [0.1, 0.15) is 6.23 Å². The van der Waals surface area contributed by atoms with Crippen LogP contribution < -0.4 is 5.32 Å². The molecular formula is C8H16N2O2. The van der Waals surface area contributed by atoms with Crippen LogP contribution in [0.15, 0.2) is 0 Å². The molecule has 2 rings (SSSR count). The summed E-state index contributed by atoms with van der Waals surface area (Å²) in [5, 5.41) is 12.7. The van der Waals surface area contributed by atoms with Gasteiger partial charge in [-0.25, -0.2) is 0 Å². The van der Waals surface area contributed by atoms with E-state index in [0.29, 0.717) is 12.1 Å². The zero-order valence-electron chi connectivity index (χ0n) is 7.69. The molecule has 0 aromatic heterocycles. The summed E-state index contributed by atoms with van der Waals surface area (Å²) in [5.41, 5.74) is 0. The summed E-state index contributed by atoms with van der Waals surface area (Å²) >= 11 is 0. The van der Waals surface area contributed by atoms with E-state index in [0.717, 1.165) is 0 Å². The minimum atomic E-state index is -0.630. The van der Waals surface area contributed by atoms with E-state index in [9.17, 15) is 5.11 Å². The van der Waals surface area contributed by atoms with Gasteiger partial charge in [0.2, 0.25) is 0 Å². The van der Waals surface area contributed by atoms with Crippen LogP contribution in [0.25, 0.3) is 0 Å². The maximum absolute atomic E-state index is 9.41. The fourth-order valence-electron chi connectivity index (χ4n) is 1.70. The van der Waals surface area contributed by atoms with Crippen LogP contribution in [0, 0.1) is 0 Å². The van der Waals surface area contributed by atoms with Gasteiger partial charge in [-0.2, -0.15) is 0 Å². The zero-order chi connectivity index (χ0) is 8.88. The third-order valence-corrected chi connectivity index (χ3v) is 2.93. The first-order chi connectivity index (χ1) is 5.61. The Balaban J connectivity index is 2.00. The average molecular weight is 172 g/mol. The molecule has 2 heterocycles. The highest BCUT2D eigenvalue weighted by Gasteiger charge is 2.48. The highest BCUT2D eigenvalue weighted by atomic mass is 16.6. The van der Waals surface area contributed by atoms with Crippen LogP contribution in [-0.2, 0) is 4.74 Å². The molecule has 2 saturated heterocycles. The first-order valence-electron chi connectivity index (χ1n) is 4.43. The number of nitrogens with one attached hydrogen (secondary N) is 1. The van der Waals surface area contributed by atoms with Crippen molar-refractivity contribution in [1.82, 2.24) is 10.2 Å². The number of hydrogen-bond donors (Lipinski definition) is 2. The van der Waals surface area contributed by atoms with Gasteiger partial charge in [-0.05, 0) is 20.9 Å². The lowest BCUT2D eigenvalue weighted by atomic mass is 10.2. The molecule has 70 valence electrons. The van der Waals surface area contributed by atoms with Crippen LogP contribution in [0.2, 0.25) is 0 Å². The van der Waals surface area contributed by atoms with E-state index in [-0.39, 0.29) is 12.3 Å². The van der Waals surface area contributed by atoms with Gasteiger partial charge in [-0.3, -0.25) is 4.90 Å². The van der Waals surface area contributed by atoms with Gasteiger partial charge in [0.25, 0.3) is 0 Å². The van der Waals surface area contributed by atoms with Gasteiger partial charge in [-0.15, -0.1) is 0 Å². The smallest absolute Gasteiger partial charge is 0.172 e. The van der Waals surface area contributed by atoms with Crippen molar-refractivity contribution < 1.29 is 9.84 Å². The van der Waals surface area contributed by atoms with Crippen LogP contribution in [0.4, 0.5) is 0 Å². The lowest BCUT2D eigenvalue weighted by Crippen LogP contribution is -2.37. The Hall–Kier alpha value is -0.160. The third kappa shape index (κ3) is 1.15. The molecule has 2 N–H and O–H groups in total. The molecule has 0 spiro atoms. The van der Waals surface area contributed by atoms with Gasteiger partial charge >= 0.3 is 0 Å². The molecule has 0 saturated carbocycles. The predicted molar refractivity (Wildman–Crippen MR) is 44.5 cm³/mol. The van der Waals surface area contributed by atoms with Crippen molar-refractivity contribution >= 4 is 0 Å². The highest BCUT2D eigenvalue weighted by molar-refractivity contribution is 5.02. The first-order valence-corrected chi connectivity index (χ1v) is 4.43. The highest BCUT2D eigenvalue weighted by Crippen LogP contribution is 2.28. The largest absolute Gasteiger partial charge is 0.367 e. The number of likely N-dealkylation sites (N-methyl/N-ethyl adjacent to an activating group) is 1. The van der Waals surface area contributed by atoms with Crippen molar-refractivity contribution in [3.63, 3.8) is 0 Å². The van der Waals surface area contributed by atoms with Crippen LogP contribution in [-0.4, -0.2) is 47.7 Å². The van der Waals surface area contributed by atoms with Crippen molar-refractivity contribution in [2.75, 3.05) is 7.05 Å². The molecule has 0 aromatic carbocycles. The number of hydrogen-bond acceptors (Lipinski definition) is 4. The quantitative estimate of drug-likeness (QED) is 0.516. The van der Waals surface area contributed by atoms with Crippen molar-refractivity contribution in [3.8, 4) is 0 Å². The molecule has 0 amide bonds. The second kappa shape index (κ2) is 2.67. The van der Waals surface area contributed by atoms with Gasteiger partial charge < -0.3 is 15.2 Å². The monoisotopic (exact) mass is 172 g/mol. The van der Waals surface area contributed by atoms with E-state index in [4.69, 9.17) is 4.74 Å². The molecule has 0 unspecified atom stereocenters. The number of nitrogens with zero attached hydrogens (tertiary/aromatic N) is 1. The molecule has 0 aromatic rings. The standard InChI is InChI=1S/C8H16N2O2/c1-4-6(9-4)7-10(3)5(2)8(11)12-7/h4-9,11H,1-3H3/t4-,5-,6+,7-,8-/m0/s1. The summed E-state index contributed by atoms with van der Waals surface area (Å²) in [7, 11) is 1.98. The van der Waals surface area contributed by atoms with Crippen LogP contribution >= 0.6 is 0 Å². The number of rotatable bonds is 1. The molecule has 12 heavy (non-hydrogen) atoms. The number of ether oxygens (including phenoxy) is 1. The van der Waals surface area contributed by atoms with Gasteiger partial charge in [0.15, 0.2) is 6.29 Å². The number of aliphatic hydroxyl groups is 1. The Labute approximate surface area is 72.5 Å². The van der Waals surface area contributed by atoms with Crippen LogP contribution in [0.5, 0.6) is 0 Å². The fraction of sp³-hybridized carbons (Fsp3) is 1.00.